The van der Waals surface area contributed by atoms with Crippen LogP contribution in [0.1, 0.15) is 6.92 Å². The molecule has 2 amide bonds. The molecule has 2 aromatic heterocycles. The Kier molecular flexibility index (Phi) is 5.18. The summed E-state index contributed by atoms with van der Waals surface area (Å²) in [5.41, 5.74) is 3.77. The molecule has 0 spiro atoms. The zero-order valence-electron chi connectivity index (χ0n) is 17.5. The van der Waals surface area contributed by atoms with E-state index >= 15 is 0 Å². The maximum absolute atomic E-state index is 12.5. The zero-order chi connectivity index (χ0) is 21.2. The standard InChI is InChI=1S/C24H25N5O2/c1-2-29-21-6-4-3-5-19(21)20-15-17(7-9-22(20)29)26-24(30)27-18-8-10-23(25-16-18)28-11-13-31-14-12-28/h3-10,15-16H,2,11-14H2,1H3,(H2,26,27,30). The monoisotopic (exact) mass is 415 g/mol. The van der Waals surface area contributed by atoms with Gasteiger partial charge in [0.15, 0.2) is 0 Å². The number of hydrogen-bond acceptors (Lipinski definition) is 4. The normalized spacial score (nSPS) is 14.2. The van der Waals surface area contributed by atoms with Crippen molar-refractivity contribution in [3.8, 4) is 0 Å². The molecule has 3 heterocycles. The van der Waals surface area contributed by atoms with Gasteiger partial charge in [0.25, 0.3) is 0 Å². The highest BCUT2D eigenvalue weighted by molar-refractivity contribution is 6.10. The van der Waals surface area contributed by atoms with Crippen molar-refractivity contribution in [2.45, 2.75) is 13.5 Å². The number of morpholine rings is 1. The van der Waals surface area contributed by atoms with Gasteiger partial charge in [-0.1, -0.05) is 18.2 Å². The fourth-order valence-corrected chi connectivity index (χ4v) is 4.21. The van der Waals surface area contributed by atoms with Crippen LogP contribution in [0.5, 0.6) is 0 Å². The molecule has 0 unspecified atom stereocenters. The van der Waals surface area contributed by atoms with E-state index in [1.165, 1.54) is 10.9 Å². The maximum Gasteiger partial charge on any atom is 0.323 e. The Morgan fingerprint density at radius 2 is 1.71 bits per heavy atom. The molecule has 31 heavy (non-hydrogen) atoms. The number of carbonyl (C=O) groups excluding carboxylic acids is 1. The summed E-state index contributed by atoms with van der Waals surface area (Å²) in [5.74, 6) is 0.895. The van der Waals surface area contributed by atoms with E-state index in [4.69, 9.17) is 4.74 Å². The van der Waals surface area contributed by atoms with E-state index in [1.807, 2.05) is 30.3 Å². The van der Waals surface area contributed by atoms with Crippen molar-refractivity contribution >= 4 is 45.0 Å². The second-order valence-electron chi connectivity index (χ2n) is 7.58. The molecular formula is C24H25N5O2. The van der Waals surface area contributed by atoms with Crippen LogP contribution in [0, 0.1) is 0 Å². The molecule has 7 heteroatoms. The summed E-state index contributed by atoms with van der Waals surface area (Å²) in [4.78, 5) is 19.2. The Morgan fingerprint density at radius 1 is 0.968 bits per heavy atom. The van der Waals surface area contributed by atoms with E-state index in [0.717, 1.165) is 42.0 Å². The fourth-order valence-electron chi connectivity index (χ4n) is 4.21. The van der Waals surface area contributed by atoms with Gasteiger partial charge >= 0.3 is 6.03 Å². The Hall–Kier alpha value is -3.58. The van der Waals surface area contributed by atoms with Crippen LogP contribution in [0.2, 0.25) is 0 Å². The van der Waals surface area contributed by atoms with Crippen LogP contribution in [0.3, 0.4) is 0 Å². The van der Waals surface area contributed by atoms with Gasteiger partial charge in [0.05, 0.1) is 25.1 Å². The molecule has 158 valence electrons. The minimum absolute atomic E-state index is 0.292. The molecule has 0 radical (unpaired) electrons. The van der Waals surface area contributed by atoms with Crippen molar-refractivity contribution in [3.05, 3.63) is 60.8 Å². The predicted octanol–water partition coefficient (Wildman–Crippen LogP) is 4.69. The zero-order valence-corrected chi connectivity index (χ0v) is 17.5. The van der Waals surface area contributed by atoms with Crippen molar-refractivity contribution in [1.82, 2.24) is 9.55 Å². The van der Waals surface area contributed by atoms with Crippen molar-refractivity contribution in [1.29, 1.82) is 0 Å². The number of urea groups is 1. The van der Waals surface area contributed by atoms with E-state index in [0.29, 0.717) is 18.9 Å². The maximum atomic E-state index is 12.5. The van der Waals surface area contributed by atoms with E-state index in [1.54, 1.807) is 6.20 Å². The molecular weight excluding hydrogens is 390 g/mol. The van der Waals surface area contributed by atoms with E-state index in [2.05, 4.69) is 56.3 Å². The number of aromatic nitrogens is 2. The van der Waals surface area contributed by atoms with E-state index in [-0.39, 0.29) is 6.03 Å². The molecule has 7 nitrogen and oxygen atoms in total. The number of amides is 2. The quantitative estimate of drug-likeness (QED) is 0.507. The number of aryl methyl sites for hydroxylation is 1. The number of nitrogens with one attached hydrogen (secondary N) is 2. The largest absolute Gasteiger partial charge is 0.378 e. The molecule has 5 rings (SSSR count). The Labute approximate surface area is 180 Å². The first kappa shape index (κ1) is 19.4. The lowest BCUT2D eigenvalue weighted by Crippen LogP contribution is -2.36. The van der Waals surface area contributed by atoms with Crippen LogP contribution < -0.4 is 15.5 Å². The third kappa shape index (κ3) is 3.80. The highest BCUT2D eigenvalue weighted by Crippen LogP contribution is 2.31. The number of ether oxygens (including phenoxy) is 1. The third-order valence-corrected chi connectivity index (χ3v) is 5.69. The molecule has 1 saturated heterocycles. The second-order valence-corrected chi connectivity index (χ2v) is 7.58. The van der Waals surface area contributed by atoms with Gasteiger partial charge in [-0.2, -0.15) is 0 Å². The average molecular weight is 415 g/mol. The lowest BCUT2D eigenvalue weighted by atomic mass is 10.1. The summed E-state index contributed by atoms with van der Waals surface area (Å²) < 4.78 is 7.66. The van der Waals surface area contributed by atoms with E-state index < -0.39 is 0 Å². The first-order valence-electron chi connectivity index (χ1n) is 10.6. The lowest BCUT2D eigenvalue weighted by molar-refractivity contribution is 0.122. The van der Waals surface area contributed by atoms with Crippen molar-refractivity contribution in [2.75, 3.05) is 41.8 Å². The molecule has 1 fully saturated rings. The first-order valence-corrected chi connectivity index (χ1v) is 10.6. The number of anilines is 3. The molecule has 1 aliphatic heterocycles. The minimum atomic E-state index is -0.292. The smallest absolute Gasteiger partial charge is 0.323 e. The molecule has 2 N–H and O–H groups in total. The molecule has 0 atom stereocenters. The van der Waals surface area contributed by atoms with Gasteiger partial charge < -0.3 is 24.8 Å². The summed E-state index contributed by atoms with van der Waals surface area (Å²) in [5, 5.41) is 8.12. The van der Waals surface area contributed by atoms with Gasteiger partial charge in [-0.3, -0.25) is 0 Å². The van der Waals surface area contributed by atoms with Gasteiger partial charge in [-0.05, 0) is 43.3 Å². The number of hydrogen-bond donors (Lipinski definition) is 2. The highest BCUT2D eigenvalue weighted by atomic mass is 16.5. The Morgan fingerprint density at radius 3 is 2.48 bits per heavy atom. The van der Waals surface area contributed by atoms with Crippen LogP contribution in [-0.4, -0.2) is 41.9 Å². The molecule has 0 bridgehead atoms. The van der Waals surface area contributed by atoms with Gasteiger partial charge in [0.1, 0.15) is 5.82 Å². The molecule has 0 aliphatic carbocycles. The molecule has 0 saturated carbocycles. The summed E-state index contributed by atoms with van der Waals surface area (Å²) in [7, 11) is 0. The number of carbonyl (C=O) groups is 1. The van der Waals surface area contributed by atoms with Crippen LogP contribution >= 0.6 is 0 Å². The van der Waals surface area contributed by atoms with Gasteiger partial charge in [-0.25, -0.2) is 9.78 Å². The highest BCUT2D eigenvalue weighted by Gasteiger charge is 2.13. The lowest BCUT2D eigenvalue weighted by Gasteiger charge is -2.27. The molecule has 4 aromatic rings. The molecule has 1 aliphatic rings. The number of fused-ring (bicyclic) bond motifs is 3. The van der Waals surface area contributed by atoms with Crippen LogP contribution in [0.15, 0.2) is 60.8 Å². The van der Waals surface area contributed by atoms with Gasteiger partial charge in [0, 0.05) is 47.1 Å². The predicted molar refractivity (Wildman–Crippen MR) is 125 cm³/mol. The fraction of sp³-hybridized carbons (Fsp3) is 0.250. The number of rotatable bonds is 4. The number of nitrogens with zero attached hydrogens (tertiary/aromatic N) is 3. The minimum Gasteiger partial charge on any atom is -0.378 e. The number of para-hydroxylation sites is 1. The summed E-state index contributed by atoms with van der Waals surface area (Å²) in [6.07, 6.45) is 1.68. The molecule has 2 aromatic carbocycles. The van der Waals surface area contributed by atoms with Gasteiger partial charge in [0.2, 0.25) is 0 Å². The number of benzene rings is 2. The van der Waals surface area contributed by atoms with Crippen molar-refractivity contribution in [2.24, 2.45) is 0 Å². The Balaban J connectivity index is 1.31. The number of pyridine rings is 1. The SMILES string of the molecule is CCn1c2ccccc2c2cc(NC(=O)Nc3ccc(N4CCOCC4)nc3)ccc21. The van der Waals surface area contributed by atoms with Crippen molar-refractivity contribution in [3.63, 3.8) is 0 Å². The average Bonchev–Trinajstić information content (AvgIpc) is 3.13. The topological polar surface area (TPSA) is 71.4 Å². The van der Waals surface area contributed by atoms with Crippen LogP contribution in [0.4, 0.5) is 22.0 Å². The van der Waals surface area contributed by atoms with E-state index in [9.17, 15) is 4.79 Å². The summed E-state index contributed by atoms with van der Waals surface area (Å²) >= 11 is 0. The van der Waals surface area contributed by atoms with Crippen molar-refractivity contribution < 1.29 is 9.53 Å². The first-order chi connectivity index (χ1) is 15.2. The summed E-state index contributed by atoms with van der Waals surface area (Å²) in [6.45, 7) is 6.12. The van der Waals surface area contributed by atoms with Crippen LogP contribution in [-0.2, 0) is 11.3 Å². The Bertz CT molecular complexity index is 1230. The van der Waals surface area contributed by atoms with Gasteiger partial charge in [-0.15, -0.1) is 0 Å². The summed E-state index contributed by atoms with van der Waals surface area (Å²) in [6, 6.07) is 17.9. The second kappa shape index (κ2) is 8.28. The third-order valence-electron chi connectivity index (χ3n) is 5.69. The van der Waals surface area contributed by atoms with Crippen LogP contribution in [0.25, 0.3) is 21.8 Å².